The smallest absolute Gasteiger partial charge is 0.165 e. The van der Waals surface area contributed by atoms with E-state index in [1.165, 1.54) is 25.0 Å². The number of likely N-dealkylation sites (tertiary alicyclic amines) is 1. The Bertz CT molecular complexity index is 384. The number of piperidine rings is 1. The molecule has 1 aliphatic heterocycles. The number of likely N-dealkylation sites (N-methyl/N-ethyl adjacent to an activating group) is 1. The summed E-state index contributed by atoms with van der Waals surface area (Å²) in [7, 11) is 1.98. The van der Waals surface area contributed by atoms with Gasteiger partial charge in [-0.2, -0.15) is 0 Å². The number of nitrogens with zero attached hydrogens (tertiary/aromatic N) is 1. The van der Waals surface area contributed by atoms with E-state index in [9.17, 15) is 4.39 Å². The lowest BCUT2D eigenvalue weighted by Crippen LogP contribution is -2.43. The molecule has 0 spiro atoms. The van der Waals surface area contributed by atoms with E-state index in [0.29, 0.717) is 6.04 Å². The third kappa shape index (κ3) is 3.17. The molecule has 0 bridgehead atoms. The van der Waals surface area contributed by atoms with Crippen LogP contribution in [0, 0.1) is 5.82 Å². The van der Waals surface area contributed by atoms with Crippen molar-refractivity contribution in [3.63, 3.8) is 0 Å². The molecule has 0 aromatic heterocycles. The number of halogens is 1. The van der Waals surface area contributed by atoms with Crippen molar-refractivity contribution in [2.24, 2.45) is 0 Å². The fourth-order valence-electron chi connectivity index (χ4n) is 2.34. The van der Waals surface area contributed by atoms with Crippen LogP contribution in [-0.4, -0.2) is 36.2 Å². The van der Waals surface area contributed by atoms with Crippen LogP contribution < -0.4 is 5.32 Å². The van der Waals surface area contributed by atoms with Crippen molar-refractivity contribution >= 4 is 0 Å². The Labute approximate surface area is 101 Å². The van der Waals surface area contributed by atoms with Crippen molar-refractivity contribution in [3.05, 3.63) is 29.6 Å². The first-order valence-electron chi connectivity index (χ1n) is 6.06. The second kappa shape index (κ2) is 5.47. The quantitative estimate of drug-likeness (QED) is 0.841. The standard InChI is InChI=1S/C13H19FN2O/c1-15-11-3-2-6-16(9-11)8-10-4-5-13(17)12(14)7-10/h4-5,7,11,15,17H,2-3,6,8-9H2,1H3. The zero-order chi connectivity index (χ0) is 12.3. The molecule has 3 nitrogen and oxygen atoms in total. The van der Waals surface area contributed by atoms with E-state index in [2.05, 4.69) is 10.2 Å². The summed E-state index contributed by atoms with van der Waals surface area (Å²) in [5.41, 5.74) is 0.914. The predicted octanol–water partition coefficient (Wildman–Crippen LogP) is 1.72. The number of phenolic OH excluding ortho intramolecular Hbond substituents is 1. The minimum atomic E-state index is -0.537. The lowest BCUT2D eigenvalue weighted by atomic mass is 10.0. The van der Waals surface area contributed by atoms with Crippen LogP contribution in [0.25, 0.3) is 0 Å². The van der Waals surface area contributed by atoms with E-state index in [4.69, 9.17) is 5.11 Å². The molecule has 1 aliphatic rings. The van der Waals surface area contributed by atoms with Gasteiger partial charge in [-0.3, -0.25) is 4.90 Å². The maximum atomic E-state index is 13.2. The Hall–Kier alpha value is -1.13. The van der Waals surface area contributed by atoms with Crippen LogP contribution in [0.3, 0.4) is 0 Å². The fourth-order valence-corrected chi connectivity index (χ4v) is 2.34. The molecule has 2 N–H and O–H groups in total. The molecule has 1 aromatic rings. The molecular formula is C13H19FN2O. The van der Waals surface area contributed by atoms with Gasteiger partial charge >= 0.3 is 0 Å². The summed E-state index contributed by atoms with van der Waals surface area (Å²) in [6, 6.07) is 5.15. The Balaban J connectivity index is 1.97. The van der Waals surface area contributed by atoms with Crippen molar-refractivity contribution in [1.29, 1.82) is 0 Å². The molecule has 1 heterocycles. The van der Waals surface area contributed by atoms with Crippen LogP contribution >= 0.6 is 0 Å². The molecule has 2 rings (SSSR count). The largest absolute Gasteiger partial charge is 0.505 e. The fraction of sp³-hybridized carbons (Fsp3) is 0.538. The van der Waals surface area contributed by atoms with Gasteiger partial charge < -0.3 is 10.4 Å². The van der Waals surface area contributed by atoms with Gasteiger partial charge in [-0.05, 0) is 44.1 Å². The SMILES string of the molecule is CNC1CCCN(Cc2ccc(O)c(F)c2)C1. The predicted molar refractivity (Wildman–Crippen MR) is 65.4 cm³/mol. The van der Waals surface area contributed by atoms with Gasteiger partial charge in [0.1, 0.15) is 0 Å². The van der Waals surface area contributed by atoms with Gasteiger partial charge in [-0.15, -0.1) is 0 Å². The van der Waals surface area contributed by atoms with Gasteiger partial charge in [0.25, 0.3) is 0 Å². The van der Waals surface area contributed by atoms with E-state index >= 15 is 0 Å². The third-order valence-electron chi connectivity index (χ3n) is 3.33. The first-order valence-corrected chi connectivity index (χ1v) is 6.06. The number of rotatable bonds is 3. The average Bonchev–Trinajstić information content (AvgIpc) is 2.34. The van der Waals surface area contributed by atoms with Crippen molar-refractivity contribution in [2.75, 3.05) is 20.1 Å². The highest BCUT2D eigenvalue weighted by atomic mass is 19.1. The average molecular weight is 238 g/mol. The van der Waals surface area contributed by atoms with Gasteiger partial charge in [-0.1, -0.05) is 6.07 Å². The topological polar surface area (TPSA) is 35.5 Å². The van der Waals surface area contributed by atoms with Gasteiger partial charge in [0.05, 0.1) is 0 Å². The highest BCUT2D eigenvalue weighted by Gasteiger charge is 2.18. The van der Waals surface area contributed by atoms with E-state index in [-0.39, 0.29) is 5.75 Å². The Morgan fingerprint density at radius 3 is 3.06 bits per heavy atom. The number of benzene rings is 1. The van der Waals surface area contributed by atoms with Gasteiger partial charge in [0.2, 0.25) is 0 Å². The molecule has 1 aromatic carbocycles. The van der Waals surface area contributed by atoms with Crippen molar-refractivity contribution in [1.82, 2.24) is 10.2 Å². The van der Waals surface area contributed by atoms with E-state index in [1.54, 1.807) is 6.07 Å². The van der Waals surface area contributed by atoms with Gasteiger partial charge in [0, 0.05) is 19.1 Å². The van der Waals surface area contributed by atoms with Crippen molar-refractivity contribution in [2.45, 2.75) is 25.4 Å². The Kier molecular flexibility index (Phi) is 3.97. The number of hydrogen-bond donors (Lipinski definition) is 2. The summed E-state index contributed by atoms with van der Waals surface area (Å²) in [5, 5.41) is 12.4. The van der Waals surface area contributed by atoms with E-state index in [1.807, 2.05) is 7.05 Å². The number of aromatic hydroxyl groups is 1. The number of hydrogen-bond acceptors (Lipinski definition) is 3. The van der Waals surface area contributed by atoms with Crippen LogP contribution in [0.1, 0.15) is 18.4 Å². The van der Waals surface area contributed by atoms with E-state index in [0.717, 1.165) is 25.2 Å². The normalized spacial score (nSPS) is 21.6. The molecule has 1 fully saturated rings. The minimum Gasteiger partial charge on any atom is -0.505 e. The van der Waals surface area contributed by atoms with Crippen molar-refractivity contribution < 1.29 is 9.50 Å². The maximum absolute atomic E-state index is 13.2. The highest BCUT2D eigenvalue weighted by Crippen LogP contribution is 2.19. The summed E-state index contributed by atoms with van der Waals surface area (Å²) in [6.45, 7) is 2.80. The molecule has 1 saturated heterocycles. The van der Waals surface area contributed by atoms with Crippen LogP contribution in [0.5, 0.6) is 5.75 Å². The maximum Gasteiger partial charge on any atom is 0.165 e. The molecule has 1 atom stereocenters. The summed E-state index contributed by atoms with van der Waals surface area (Å²) in [6.07, 6.45) is 2.38. The molecule has 94 valence electrons. The number of phenols is 1. The van der Waals surface area contributed by atoms with Crippen LogP contribution in [0.4, 0.5) is 4.39 Å². The molecule has 0 amide bonds. The zero-order valence-electron chi connectivity index (χ0n) is 10.1. The monoisotopic (exact) mass is 238 g/mol. The zero-order valence-corrected chi connectivity index (χ0v) is 10.1. The summed E-state index contributed by atoms with van der Waals surface area (Å²) in [4.78, 5) is 2.32. The summed E-state index contributed by atoms with van der Waals surface area (Å²) in [5.74, 6) is -0.815. The van der Waals surface area contributed by atoms with Gasteiger partial charge in [0.15, 0.2) is 11.6 Å². The summed E-state index contributed by atoms with van der Waals surface area (Å²) < 4.78 is 13.2. The molecule has 4 heteroatoms. The summed E-state index contributed by atoms with van der Waals surface area (Å²) >= 11 is 0. The molecule has 0 aliphatic carbocycles. The highest BCUT2D eigenvalue weighted by molar-refractivity contribution is 5.27. The van der Waals surface area contributed by atoms with Crippen LogP contribution in [-0.2, 0) is 6.54 Å². The molecule has 17 heavy (non-hydrogen) atoms. The third-order valence-corrected chi connectivity index (χ3v) is 3.33. The van der Waals surface area contributed by atoms with E-state index < -0.39 is 5.82 Å². The number of nitrogens with one attached hydrogen (secondary N) is 1. The molecule has 0 saturated carbocycles. The minimum absolute atomic E-state index is 0.277. The van der Waals surface area contributed by atoms with Crippen molar-refractivity contribution in [3.8, 4) is 5.75 Å². The Morgan fingerprint density at radius 2 is 2.35 bits per heavy atom. The molecular weight excluding hydrogens is 219 g/mol. The van der Waals surface area contributed by atoms with Gasteiger partial charge in [-0.25, -0.2) is 4.39 Å². The first kappa shape index (κ1) is 12.3. The molecule has 0 radical (unpaired) electrons. The van der Waals surface area contributed by atoms with Crippen LogP contribution in [0.2, 0.25) is 0 Å². The lowest BCUT2D eigenvalue weighted by Gasteiger charge is -2.32. The second-order valence-electron chi connectivity index (χ2n) is 4.65. The Morgan fingerprint density at radius 1 is 1.53 bits per heavy atom. The first-order chi connectivity index (χ1) is 8.19. The second-order valence-corrected chi connectivity index (χ2v) is 4.65. The lowest BCUT2D eigenvalue weighted by molar-refractivity contribution is 0.188. The molecule has 1 unspecified atom stereocenters. The van der Waals surface area contributed by atoms with Crippen LogP contribution in [0.15, 0.2) is 18.2 Å².